The SMILES string of the molecule is O=S(=O)(c1ccc(Br)cc1)c1nc(-c2cccs2)oc1N1CCc2ccccc2C1. The predicted octanol–water partition coefficient (Wildman–Crippen LogP) is 5.56. The van der Waals surface area contributed by atoms with Crippen LogP contribution in [-0.2, 0) is 22.8 Å². The van der Waals surface area contributed by atoms with E-state index in [1.54, 1.807) is 24.3 Å². The Hall–Kier alpha value is -2.42. The number of hydrogen-bond donors (Lipinski definition) is 0. The van der Waals surface area contributed by atoms with E-state index in [4.69, 9.17) is 4.42 Å². The van der Waals surface area contributed by atoms with Crippen molar-refractivity contribution in [2.24, 2.45) is 0 Å². The number of sulfone groups is 1. The molecule has 1 aliphatic heterocycles. The molecule has 8 heteroatoms. The first-order chi connectivity index (χ1) is 14.5. The molecular weight excluding hydrogens is 484 g/mol. The number of rotatable bonds is 4. The summed E-state index contributed by atoms with van der Waals surface area (Å²) in [5.74, 6) is 0.630. The summed E-state index contributed by atoms with van der Waals surface area (Å²) in [6, 6.07) is 18.6. The first-order valence-corrected chi connectivity index (χ1v) is 12.5. The molecule has 0 unspecified atom stereocenters. The Morgan fingerprint density at radius 1 is 1.00 bits per heavy atom. The fourth-order valence-corrected chi connectivity index (χ4v) is 5.81. The average molecular weight is 501 g/mol. The summed E-state index contributed by atoms with van der Waals surface area (Å²) in [7, 11) is -3.85. The van der Waals surface area contributed by atoms with Crippen molar-refractivity contribution in [1.82, 2.24) is 4.98 Å². The third kappa shape index (κ3) is 3.49. The molecule has 0 atom stereocenters. The van der Waals surface area contributed by atoms with Crippen molar-refractivity contribution in [2.75, 3.05) is 11.4 Å². The summed E-state index contributed by atoms with van der Waals surface area (Å²) in [6.45, 7) is 1.25. The van der Waals surface area contributed by atoms with Gasteiger partial charge < -0.3 is 9.32 Å². The minimum absolute atomic E-state index is 0.0346. The molecule has 30 heavy (non-hydrogen) atoms. The second-order valence-electron chi connectivity index (χ2n) is 7.00. The maximum atomic E-state index is 13.5. The van der Waals surface area contributed by atoms with E-state index in [0.29, 0.717) is 24.9 Å². The highest BCUT2D eigenvalue weighted by atomic mass is 79.9. The number of aromatic nitrogens is 1. The monoisotopic (exact) mass is 500 g/mol. The van der Waals surface area contributed by atoms with E-state index in [1.165, 1.54) is 22.5 Å². The minimum atomic E-state index is -3.85. The standard InChI is InChI=1S/C22H17BrN2O3S2/c23-17-7-9-18(10-8-17)30(26,27)21-22(28-20(24-21)19-6-3-13-29-19)25-12-11-15-4-1-2-5-16(15)14-25/h1-10,13H,11-12,14H2. The summed E-state index contributed by atoms with van der Waals surface area (Å²) < 4.78 is 33.8. The Balaban J connectivity index is 1.62. The van der Waals surface area contributed by atoms with Gasteiger partial charge in [0.2, 0.25) is 26.6 Å². The molecule has 0 saturated carbocycles. The van der Waals surface area contributed by atoms with Crippen molar-refractivity contribution in [2.45, 2.75) is 22.9 Å². The van der Waals surface area contributed by atoms with E-state index in [1.807, 2.05) is 34.5 Å². The Bertz CT molecular complexity index is 1300. The Labute approximate surface area is 187 Å². The van der Waals surface area contributed by atoms with Crippen LogP contribution in [0.3, 0.4) is 0 Å². The lowest BCUT2D eigenvalue weighted by molar-refractivity contribution is 0.534. The van der Waals surface area contributed by atoms with Crippen molar-refractivity contribution in [3.8, 4) is 10.8 Å². The van der Waals surface area contributed by atoms with E-state index < -0.39 is 9.84 Å². The van der Waals surface area contributed by atoms with Crippen LogP contribution in [0.15, 0.2) is 84.9 Å². The highest BCUT2D eigenvalue weighted by molar-refractivity contribution is 9.10. The Kier molecular flexibility index (Phi) is 5.00. The molecule has 5 nitrogen and oxygen atoms in total. The minimum Gasteiger partial charge on any atom is -0.418 e. The van der Waals surface area contributed by atoms with Gasteiger partial charge in [-0.25, -0.2) is 8.42 Å². The summed E-state index contributed by atoms with van der Waals surface area (Å²) in [5.41, 5.74) is 2.45. The molecule has 4 aromatic rings. The van der Waals surface area contributed by atoms with E-state index in [-0.39, 0.29) is 9.92 Å². The summed E-state index contributed by atoms with van der Waals surface area (Å²) in [6.07, 6.45) is 0.822. The Morgan fingerprint density at radius 3 is 2.50 bits per heavy atom. The van der Waals surface area contributed by atoms with Gasteiger partial charge in [0.25, 0.3) is 0 Å². The van der Waals surface area contributed by atoms with Crippen LogP contribution in [-0.4, -0.2) is 19.9 Å². The van der Waals surface area contributed by atoms with E-state index in [2.05, 4.69) is 33.0 Å². The predicted molar refractivity (Wildman–Crippen MR) is 121 cm³/mol. The average Bonchev–Trinajstić information content (AvgIpc) is 3.44. The van der Waals surface area contributed by atoms with Gasteiger partial charge in [0.15, 0.2) is 0 Å². The number of nitrogens with zero attached hydrogens (tertiary/aromatic N) is 2. The molecule has 0 N–H and O–H groups in total. The number of anilines is 1. The zero-order valence-electron chi connectivity index (χ0n) is 15.8. The highest BCUT2D eigenvalue weighted by Gasteiger charge is 2.32. The molecule has 0 amide bonds. The summed E-state index contributed by atoms with van der Waals surface area (Å²) >= 11 is 4.82. The third-order valence-corrected chi connectivity index (χ3v) is 8.16. The number of thiophene rings is 1. The largest absolute Gasteiger partial charge is 0.418 e. The van der Waals surface area contributed by atoms with Crippen molar-refractivity contribution in [1.29, 1.82) is 0 Å². The molecule has 5 rings (SSSR count). The molecule has 3 heterocycles. The lowest BCUT2D eigenvalue weighted by Crippen LogP contribution is -2.31. The lowest BCUT2D eigenvalue weighted by Gasteiger charge is -2.28. The number of halogens is 1. The fraction of sp³-hybridized carbons (Fsp3) is 0.136. The van der Waals surface area contributed by atoms with Gasteiger partial charge in [-0.15, -0.1) is 11.3 Å². The van der Waals surface area contributed by atoms with Crippen molar-refractivity contribution in [3.05, 3.63) is 81.6 Å². The van der Waals surface area contributed by atoms with Crippen LogP contribution >= 0.6 is 27.3 Å². The van der Waals surface area contributed by atoms with Gasteiger partial charge in [0.1, 0.15) is 0 Å². The topological polar surface area (TPSA) is 63.4 Å². The Morgan fingerprint density at radius 2 is 1.77 bits per heavy atom. The number of fused-ring (bicyclic) bond motifs is 1. The van der Waals surface area contributed by atoms with Gasteiger partial charge in [-0.1, -0.05) is 46.3 Å². The first kappa shape index (κ1) is 19.5. The molecule has 2 aromatic carbocycles. The maximum Gasteiger partial charge on any atom is 0.240 e. The van der Waals surface area contributed by atoms with E-state index in [0.717, 1.165) is 15.8 Å². The molecule has 0 radical (unpaired) electrons. The molecule has 2 aromatic heterocycles. The van der Waals surface area contributed by atoms with Crippen LogP contribution in [0.4, 0.5) is 5.88 Å². The molecule has 0 fully saturated rings. The fourth-order valence-electron chi connectivity index (χ4n) is 3.57. The van der Waals surface area contributed by atoms with Gasteiger partial charge in [0.05, 0.1) is 9.77 Å². The zero-order valence-corrected chi connectivity index (χ0v) is 19.0. The zero-order chi connectivity index (χ0) is 20.7. The van der Waals surface area contributed by atoms with Gasteiger partial charge in [-0.3, -0.25) is 0 Å². The van der Waals surface area contributed by atoms with Crippen LogP contribution in [0.25, 0.3) is 10.8 Å². The van der Waals surface area contributed by atoms with Crippen molar-refractivity contribution >= 4 is 43.0 Å². The molecule has 0 aliphatic carbocycles. The van der Waals surface area contributed by atoms with Crippen molar-refractivity contribution < 1.29 is 12.8 Å². The third-order valence-electron chi connectivity index (χ3n) is 5.11. The van der Waals surface area contributed by atoms with Crippen LogP contribution in [0.1, 0.15) is 11.1 Å². The van der Waals surface area contributed by atoms with Crippen LogP contribution in [0.5, 0.6) is 0 Å². The molecule has 0 bridgehead atoms. The van der Waals surface area contributed by atoms with Crippen molar-refractivity contribution in [3.63, 3.8) is 0 Å². The first-order valence-electron chi connectivity index (χ1n) is 9.39. The van der Waals surface area contributed by atoms with Gasteiger partial charge in [-0.2, -0.15) is 4.98 Å². The summed E-state index contributed by atoms with van der Waals surface area (Å²) in [5, 5.41) is 1.88. The second-order valence-corrected chi connectivity index (χ2v) is 10.7. The van der Waals surface area contributed by atoms with Gasteiger partial charge in [-0.05, 0) is 53.3 Å². The number of benzene rings is 2. The maximum absolute atomic E-state index is 13.5. The molecule has 0 saturated heterocycles. The second kappa shape index (κ2) is 7.68. The number of hydrogen-bond acceptors (Lipinski definition) is 6. The number of oxazole rings is 1. The molecule has 1 aliphatic rings. The highest BCUT2D eigenvalue weighted by Crippen LogP contribution is 2.38. The van der Waals surface area contributed by atoms with E-state index >= 15 is 0 Å². The van der Waals surface area contributed by atoms with Crippen LogP contribution < -0.4 is 4.90 Å². The van der Waals surface area contributed by atoms with E-state index in [9.17, 15) is 8.42 Å². The summed E-state index contributed by atoms with van der Waals surface area (Å²) in [4.78, 5) is 7.41. The molecule has 0 spiro atoms. The normalized spacial score (nSPS) is 14.0. The lowest BCUT2D eigenvalue weighted by atomic mass is 10.0. The van der Waals surface area contributed by atoms with Gasteiger partial charge >= 0.3 is 0 Å². The van der Waals surface area contributed by atoms with Crippen LogP contribution in [0, 0.1) is 0 Å². The van der Waals surface area contributed by atoms with Gasteiger partial charge in [0, 0.05) is 17.6 Å². The molecular formula is C22H17BrN2O3S2. The van der Waals surface area contributed by atoms with Crippen LogP contribution in [0.2, 0.25) is 0 Å². The quantitative estimate of drug-likeness (QED) is 0.366. The molecule has 152 valence electrons. The smallest absolute Gasteiger partial charge is 0.240 e.